The number of alkyl halides is 2. The van der Waals surface area contributed by atoms with Crippen molar-refractivity contribution in [2.24, 2.45) is 0 Å². The molecule has 2 unspecified atom stereocenters. The van der Waals surface area contributed by atoms with Gasteiger partial charge in [-0.25, -0.2) is 0 Å². The number of aryl methyl sites for hydroxylation is 1. The average Bonchev–Trinajstić information content (AvgIpc) is 2.60. The highest BCUT2D eigenvalue weighted by Crippen LogP contribution is 2.36. The summed E-state index contributed by atoms with van der Waals surface area (Å²) in [6.45, 7) is 2.01. The highest BCUT2D eigenvalue weighted by molar-refractivity contribution is 9.12. The standard InChI is InChI=1S/C19H15Br2NO/c1-12-6-8-13(9-7-12)19(23)18(21)17(20)15-10-11-22-16-5-3-2-4-14(15)16/h2-11,17-18H,1H3. The van der Waals surface area contributed by atoms with Crippen molar-refractivity contribution in [3.8, 4) is 0 Å². The number of nitrogens with zero attached hydrogens (tertiary/aromatic N) is 1. The summed E-state index contributed by atoms with van der Waals surface area (Å²) in [6, 6.07) is 17.6. The molecule has 23 heavy (non-hydrogen) atoms. The third-order valence-corrected chi connectivity index (χ3v) is 6.50. The molecule has 2 atom stereocenters. The molecule has 0 saturated carbocycles. The molecule has 0 N–H and O–H groups in total. The van der Waals surface area contributed by atoms with Gasteiger partial charge < -0.3 is 0 Å². The Morgan fingerprint density at radius 3 is 2.43 bits per heavy atom. The van der Waals surface area contributed by atoms with Gasteiger partial charge in [0.15, 0.2) is 5.78 Å². The third kappa shape index (κ3) is 3.38. The molecular formula is C19H15Br2NO. The van der Waals surface area contributed by atoms with Gasteiger partial charge in [-0.15, -0.1) is 0 Å². The normalized spacial score (nSPS) is 13.7. The molecule has 3 aromatic rings. The number of Topliss-reactive ketones (excluding diaryl/α,β-unsaturated/α-hetero) is 1. The first-order chi connectivity index (χ1) is 11.1. The number of carbonyl (C=O) groups is 1. The lowest BCUT2D eigenvalue weighted by Crippen LogP contribution is -2.19. The maximum atomic E-state index is 12.7. The largest absolute Gasteiger partial charge is 0.293 e. The molecule has 0 bridgehead atoms. The lowest BCUT2D eigenvalue weighted by atomic mass is 9.99. The summed E-state index contributed by atoms with van der Waals surface area (Å²) in [5.41, 5.74) is 3.83. The summed E-state index contributed by atoms with van der Waals surface area (Å²) in [5.74, 6) is 0.0627. The maximum absolute atomic E-state index is 12.7. The van der Waals surface area contributed by atoms with E-state index in [2.05, 4.69) is 36.8 Å². The Bertz CT molecular complexity index is 840. The van der Waals surface area contributed by atoms with Gasteiger partial charge in [0.05, 0.1) is 15.2 Å². The van der Waals surface area contributed by atoms with Crippen molar-refractivity contribution < 1.29 is 4.79 Å². The van der Waals surface area contributed by atoms with Gasteiger partial charge in [0, 0.05) is 17.1 Å². The first-order valence-corrected chi connectivity index (χ1v) is 9.14. The van der Waals surface area contributed by atoms with Gasteiger partial charge in [0.2, 0.25) is 0 Å². The second kappa shape index (κ2) is 6.93. The number of para-hydroxylation sites is 1. The Labute approximate surface area is 152 Å². The maximum Gasteiger partial charge on any atom is 0.177 e. The van der Waals surface area contributed by atoms with Crippen LogP contribution in [0.2, 0.25) is 0 Å². The lowest BCUT2D eigenvalue weighted by Gasteiger charge is -2.18. The van der Waals surface area contributed by atoms with E-state index in [0.717, 1.165) is 22.0 Å². The lowest BCUT2D eigenvalue weighted by molar-refractivity contribution is 0.0991. The van der Waals surface area contributed by atoms with Crippen LogP contribution in [0.15, 0.2) is 60.8 Å². The Morgan fingerprint density at radius 2 is 1.70 bits per heavy atom. The minimum Gasteiger partial charge on any atom is -0.293 e. The van der Waals surface area contributed by atoms with Crippen LogP contribution in [0, 0.1) is 6.92 Å². The highest BCUT2D eigenvalue weighted by Gasteiger charge is 2.27. The predicted octanol–water partition coefficient (Wildman–Crippen LogP) is 5.63. The van der Waals surface area contributed by atoms with Crippen molar-refractivity contribution >= 4 is 48.5 Å². The first kappa shape index (κ1) is 16.3. The van der Waals surface area contributed by atoms with Crippen molar-refractivity contribution in [1.82, 2.24) is 4.98 Å². The molecule has 0 amide bonds. The first-order valence-electron chi connectivity index (χ1n) is 7.30. The summed E-state index contributed by atoms with van der Waals surface area (Å²) in [6.07, 6.45) is 1.78. The minimum atomic E-state index is -0.351. The van der Waals surface area contributed by atoms with E-state index < -0.39 is 0 Å². The fourth-order valence-corrected chi connectivity index (χ4v) is 3.71. The van der Waals surface area contributed by atoms with E-state index in [1.807, 2.05) is 61.5 Å². The summed E-state index contributed by atoms with van der Waals surface area (Å²) >= 11 is 7.26. The monoisotopic (exact) mass is 431 g/mol. The van der Waals surface area contributed by atoms with Crippen LogP contribution in [-0.4, -0.2) is 15.6 Å². The molecule has 0 fully saturated rings. The van der Waals surface area contributed by atoms with E-state index in [1.165, 1.54) is 0 Å². The predicted molar refractivity (Wildman–Crippen MR) is 102 cm³/mol. The van der Waals surface area contributed by atoms with E-state index in [0.29, 0.717) is 5.56 Å². The van der Waals surface area contributed by atoms with Crippen molar-refractivity contribution in [3.63, 3.8) is 0 Å². The van der Waals surface area contributed by atoms with Crippen LogP contribution in [0.5, 0.6) is 0 Å². The number of pyridine rings is 1. The number of fused-ring (bicyclic) bond motifs is 1. The van der Waals surface area contributed by atoms with E-state index in [-0.39, 0.29) is 15.4 Å². The van der Waals surface area contributed by atoms with Gasteiger partial charge in [-0.1, -0.05) is 79.9 Å². The molecule has 0 saturated heterocycles. The van der Waals surface area contributed by atoms with Crippen molar-refractivity contribution in [3.05, 3.63) is 77.5 Å². The molecule has 3 rings (SSSR count). The van der Waals surface area contributed by atoms with Gasteiger partial charge in [-0.05, 0) is 24.6 Å². The summed E-state index contributed by atoms with van der Waals surface area (Å²) in [7, 11) is 0. The molecule has 4 heteroatoms. The van der Waals surface area contributed by atoms with Gasteiger partial charge in [0.1, 0.15) is 0 Å². The van der Waals surface area contributed by atoms with Crippen LogP contribution in [0.25, 0.3) is 10.9 Å². The number of benzene rings is 2. The second-order valence-corrected chi connectivity index (χ2v) is 7.42. The SMILES string of the molecule is Cc1ccc(C(=O)C(Br)C(Br)c2ccnc3ccccc23)cc1. The van der Waals surface area contributed by atoms with Gasteiger partial charge >= 0.3 is 0 Å². The quantitative estimate of drug-likeness (QED) is 0.395. The molecule has 0 aliphatic rings. The fourth-order valence-electron chi connectivity index (χ4n) is 2.53. The molecule has 1 heterocycles. The number of rotatable bonds is 4. The van der Waals surface area contributed by atoms with Crippen molar-refractivity contribution in [2.75, 3.05) is 0 Å². The third-order valence-electron chi connectivity index (χ3n) is 3.82. The van der Waals surface area contributed by atoms with Gasteiger partial charge in [-0.2, -0.15) is 0 Å². The number of ketones is 1. The molecular weight excluding hydrogens is 418 g/mol. The van der Waals surface area contributed by atoms with Gasteiger partial charge in [0.25, 0.3) is 0 Å². The molecule has 0 spiro atoms. The van der Waals surface area contributed by atoms with Crippen LogP contribution in [0.1, 0.15) is 26.3 Å². The van der Waals surface area contributed by atoms with Crippen LogP contribution in [-0.2, 0) is 0 Å². The Kier molecular flexibility index (Phi) is 4.93. The van der Waals surface area contributed by atoms with Crippen LogP contribution < -0.4 is 0 Å². The summed E-state index contributed by atoms with van der Waals surface area (Å²) < 4.78 is 0. The van der Waals surface area contributed by atoms with Crippen molar-refractivity contribution in [1.29, 1.82) is 0 Å². The fraction of sp³-hybridized carbons (Fsp3) is 0.158. The zero-order valence-electron chi connectivity index (χ0n) is 12.5. The number of hydrogen-bond acceptors (Lipinski definition) is 2. The molecule has 1 aromatic heterocycles. The Morgan fingerprint density at radius 1 is 1.00 bits per heavy atom. The topological polar surface area (TPSA) is 30.0 Å². The molecule has 2 nitrogen and oxygen atoms in total. The Hall–Kier alpha value is -1.52. The zero-order valence-corrected chi connectivity index (χ0v) is 15.7. The number of carbonyl (C=O) groups excluding carboxylic acids is 1. The van der Waals surface area contributed by atoms with Crippen LogP contribution in [0.3, 0.4) is 0 Å². The summed E-state index contributed by atoms with van der Waals surface area (Å²) in [4.78, 5) is 16.6. The average molecular weight is 433 g/mol. The van der Waals surface area contributed by atoms with Gasteiger partial charge in [-0.3, -0.25) is 9.78 Å². The highest BCUT2D eigenvalue weighted by atomic mass is 79.9. The van der Waals surface area contributed by atoms with E-state index in [4.69, 9.17) is 0 Å². The van der Waals surface area contributed by atoms with E-state index in [1.54, 1.807) is 6.20 Å². The van der Waals surface area contributed by atoms with E-state index >= 15 is 0 Å². The molecule has 0 aliphatic heterocycles. The van der Waals surface area contributed by atoms with Crippen LogP contribution >= 0.6 is 31.9 Å². The van der Waals surface area contributed by atoms with Crippen molar-refractivity contribution in [2.45, 2.75) is 16.6 Å². The number of halogens is 2. The zero-order chi connectivity index (χ0) is 16.4. The second-order valence-electron chi connectivity index (χ2n) is 5.45. The summed E-state index contributed by atoms with van der Waals surface area (Å²) in [5, 5.41) is 1.05. The number of aromatic nitrogens is 1. The molecule has 0 radical (unpaired) electrons. The molecule has 116 valence electrons. The molecule has 2 aromatic carbocycles. The Balaban J connectivity index is 1.93. The van der Waals surface area contributed by atoms with Crippen LogP contribution in [0.4, 0.5) is 0 Å². The minimum absolute atomic E-state index is 0.0627. The molecule has 0 aliphatic carbocycles. The van der Waals surface area contributed by atoms with E-state index in [9.17, 15) is 4.79 Å². The smallest absolute Gasteiger partial charge is 0.177 e. The number of hydrogen-bond donors (Lipinski definition) is 0.